The molecule has 12 heteroatoms. The van der Waals surface area contributed by atoms with Crippen molar-refractivity contribution in [3.8, 4) is 22.9 Å². The fourth-order valence-electron chi connectivity index (χ4n) is 4.01. The van der Waals surface area contributed by atoms with Crippen LogP contribution in [0.15, 0.2) is 36.5 Å². The normalized spacial score (nSPS) is 14.3. The van der Waals surface area contributed by atoms with Gasteiger partial charge >= 0.3 is 16.3 Å². The van der Waals surface area contributed by atoms with Crippen LogP contribution in [-0.4, -0.2) is 55.6 Å². The van der Waals surface area contributed by atoms with Crippen LogP contribution in [0.5, 0.6) is 5.75 Å². The number of halogens is 1. The molecule has 0 spiro atoms. The van der Waals surface area contributed by atoms with Gasteiger partial charge in [0.05, 0.1) is 25.0 Å². The summed E-state index contributed by atoms with van der Waals surface area (Å²) in [5.41, 5.74) is 3.01. The molecule has 2 N–H and O–H groups in total. The number of pyridine rings is 1. The molecule has 0 bridgehead atoms. The lowest BCUT2D eigenvalue weighted by Crippen LogP contribution is -2.45. The van der Waals surface area contributed by atoms with Crippen molar-refractivity contribution in [3.05, 3.63) is 53.6 Å². The lowest BCUT2D eigenvalue weighted by molar-refractivity contribution is 0.158. The van der Waals surface area contributed by atoms with Crippen LogP contribution in [0, 0.1) is 17.1 Å². The number of ether oxygens (including phenoxy) is 2. The molecule has 0 fully saturated rings. The molecular formula is C23H22FN5O5S. The van der Waals surface area contributed by atoms with Gasteiger partial charge in [-0.2, -0.15) is 18.0 Å². The van der Waals surface area contributed by atoms with Gasteiger partial charge in [-0.05, 0) is 48.7 Å². The van der Waals surface area contributed by atoms with Gasteiger partial charge < -0.3 is 14.5 Å². The van der Waals surface area contributed by atoms with Crippen LogP contribution in [0.4, 0.5) is 9.18 Å². The zero-order valence-corrected chi connectivity index (χ0v) is 19.8. The SMILES string of the molecule is CCOC(=O)NS(=O)(=O)N1CC=C(c2[nH]c3nccc(-c4cc(F)ccc4OC)c3c2C#N)CC1. The Balaban J connectivity index is 1.72. The van der Waals surface area contributed by atoms with Crippen LogP contribution in [0.25, 0.3) is 27.7 Å². The van der Waals surface area contributed by atoms with E-state index in [0.29, 0.717) is 39.2 Å². The summed E-state index contributed by atoms with van der Waals surface area (Å²) in [4.78, 5) is 19.0. The largest absolute Gasteiger partial charge is 0.496 e. The van der Waals surface area contributed by atoms with E-state index in [9.17, 15) is 22.9 Å². The van der Waals surface area contributed by atoms with Crippen molar-refractivity contribution < 1.29 is 27.1 Å². The summed E-state index contributed by atoms with van der Waals surface area (Å²) in [7, 11) is -2.60. The number of nitriles is 1. The average molecular weight is 500 g/mol. The molecule has 4 rings (SSSR count). The Morgan fingerprint density at radius 3 is 2.80 bits per heavy atom. The van der Waals surface area contributed by atoms with E-state index >= 15 is 0 Å². The maximum Gasteiger partial charge on any atom is 0.421 e. The number of fused-ring (bicyclic) bond motifs is 1. The van der Waals surface area contributed by atoms with Crippen molar-refractivity contribution in [2.75, 3.05) is 26.8 Å². The number of H-pyrrole nitrogens is 1. The minimum atomic E-state index is -4.08. The van der Waals surface area contributed by atoms with Crippen LogP contribution in [0.1, 0.15) is 24.6 Å². The van der Waals surface area contributed by atoms with Gasteiger partial charge in [0.25, 0.3) is 0 Å². The van der Waals surface area contributed by atoms with Crippen LogP contribution in [0.2, 0.25) is 0 Å². The molecule has 0 aliphatic carbocycles. The van der Waals surface area contributed by atoms with Crippen molar-refractivity contribution >= 4 is 32.9 Å². The van der Waals surface area contributed by atoms with Gasteiger partial charge in [-0.3, -0.25) is 0 Å². The summed E-state index contributed by atoms with van der Waals surface area (Å²) in [5.74, 6) is -0.00915. The predicted molar refractivity (Wildman–Crippen MR) is 126 cm³/mol. The lowest BCUT2D eigenvalue weighted by Gasteiger charge is -2.25. The molecule has 0 unspecified atom stereocenters. The molecule has 1 aliphatic rings. The molecule has 3 heterocycles. The summed E-state index contributed by atoms with van der Waals surface area (Å²) in [6.07, 6.45) is 2.45. The van der Waals surface area contributed by atoms with Gasteiger partial charge in [-0.1, -0.05) is 6.08 Å². The van der Waals surface area contributed by atoms with E-state index in [1.165, 1.54) is 25.3 Å². The Morgan fingerprint density at radius 2 is 2.14 bits per heavy atom. The first kappa shape index (κ1) is 24.2. The number of carbonyl (C=O) groups is 1. The van der Waals surface area contributed by atoms with Gasteiger partial charge in [0.15, 0.2) is 0 Å². The predicted octanol–water partition coefficient (Wildman–Crippen LogP) is 3.33. The van der Waals surface area contributed by atoms with E-state index in [2.05, 4.69) is 20.8 Å². The number of hydrogen-bond acceptors (Lipinski definition) is 7. The fraction of sp³-hybridized carbons (Fsp3) is 0.261. The highest BCUT2D eigenvalue weighted by Gasteiger charge is 2.28. The maximum atomic E-state index is 14.1. The molecule has 35 heavy (non-hydrogen) atoms. The number of nitrogens with zero attached hydrogens (tertiary/aromatic N) is 3. The molecule has 0 radical (unpaired) electrons. The minimum absolute atomic E-state index is 0.0116. The van der Waals surface area contributed by atoms with Gasteiger partial charge in [0, 0.05) is 30.2 Å². The lowest BCUT2D eigenvalue weighted by atomic mass is 9.97. The first-order chi connectivity index (χ1) is 16.8. The number of methoxy groups -OCH3 is 1. The highest BCUT2D eigenvalue weighted by molar-refractivity contribution is 7.87. The van der Waals surface area contributed by atoms with Gasteiger partial charge in [-0.25, -0.2) is 18.9 Å². The number of benzene rings is 1. The van der Waals surface area contributed by atoms with E-state index in [-0.39, 0.29) is 26.1 Å². The smallest absolute Gasteiger partial charge is 0.421 e. The molecule has 0 saturated heterocycles. The van der Waals surface area contributed by atoms with Crippen molar-refractivity contribution in [2.24, 2.45) is 0 Å². The van der Waals surface area contributed by atoms with Crippen LogP contribution in [0.3, 0.4) is 0 Å². The summed E-state index contributed by atoms with van der Waals surface area (Å²) >= 11 is 0. The third-order valence-electron chi connectivity index (χ3n) is 5.58. The number of rotatable bonds is 6. The monoisotopic (exact) mass is 499 g/mol. The zero-order chi connectivity index (χ0) is 25.2. The Bertz CT molecular complexity index is 1480. The van der Waals surface area contributed by atoms with Crippen molar-refractivity contribution in [1.82, 2.24) is 19.0 Å². The summed E-state index contributed by atoms with van der Waals surface area (Å²) in [6, 6.07) is 8.03. The molecule has 10 nitrogen and oxygen atoms in total. The van der Waals surface area contributed by atoms with Gasteiger partial charge in [0.2, 0.25) is 0 Å². The van der Waals surface area contributed by atoms with E-state index in [4.69, 9.17) is 4.74 Å². The standard InChI is InChI=1S/C23H22FN5O5S/c1-3-34-23(30)28-35(31,32)29-10-7-14(8-11-29)21-18(13-25)20-16(6-9-26-22(20)27-21)17-12-15(24)4-5-19(17)33-2/h4-7,9,12H,3,8,10-11H2,1-2H3,(H,26,27)(H,28,30). The second kappa shape index (κ2) is 9.73. The number of nitrogens with one attached hydrogen (secondary N) is 2. The molecular weight excluding hydrogens is 477 g/mol. The van der Waals surface area contributed by atoms with E-state index < -0.39 is 22.1 Å². The van der Waals surface area contributed by atoms with Gasteiger partial charge in [-0.15, -0.1) is 0 Å². The van der Waals surface area contributed by atoms with Crippen molar-refractivity contribution in [1.29, 1.82) is 5.26 Å². The number of carbonyl (C=O) groups excluding carboxylic acids is 1. The highest BCUT2D eigenvalue weighted by atomic mass is 32.2. The van der Waals surface area contributed by atoms with E-state index in [1.54, 1.807) is 25.3 Å². The Morgan fingerprint density at radius 1 is 1.34 bits per heavy atom. The van der Waals surface area contributed by atoms with Gasteiger partial charge in [0.1, 0.15) is 23.3 Å². The minimum Gasteiger partial charge on any atom is -0.496 e. The second-order valence-electron chi connectivity index (χ2n) is 7.58. The molecule has 1 amide bonds. The quantitative estimate of drug-likeness (QED) is 0.531. The summed E-state index contributed by atoms with van der Waals surface area (Å²) in [5, 5.41) is 10.5. The first-order valence-corrected chi connectivity index (χ1v) is 12.1. The molecule has 182 valence electrons. The van der Waals surface area contributed by atoms with Crippen molar-refractivity contribution in [2.45, 2.75) is 13.3 Å². The van der Waals surface area contributed by atoms with Crippen LogP contribution in [-0.2, 0) is 14.9 Å². The maximum absolute atomic E-state index is 14.1. The summed E-state index contributed by atoms with van der Waals surface area (Å²) < 4.78 is 51.9. The third kappa shape index (κ3) is 4.68. The number of hydrogen-bond donors (Lipinski definition) is 2. The topological polar surface area (TPSA) is 137 Å². The Kier molecular flexibility index (Phi) is 6.72. The fourth-order valence-corrected chi connectivity index (χ4v) is 5.01. The average Bonchev–Trinajstić information content (AvgIpc) is 3.23. The van der Waals surface area contributed by atoms with Crippen LogP contribution >= 0.6 is 0 Å². The Labute approximate surface area is 201 Å². The zero-order valence-electron chi connectivity index (χ0n) is 19.0. The van der Waals surface area contributed by atoms with E-state index in [0.717, 1.165) is 9.88 Å². The van der Waals surface area contributed by atoms with Crippen molar-refractivity contribution in [3.63, 3.8) is 0 Å². The summed E-state index contributed by atoms with van der Waals surface area (Å²) in [6.45, 7) is 1.68. The molecule has 0 atom stereocenters. The number of aromatic nitrogens is 2. The highest BCUT2D eigenvalue weighted by Crippen LogP contribution is 2.39. The molecule has 1 aromatic carbocycles. The number of aromatic amines is 1. The van der Waals surface area contributed by atoms with E-state index in [1.807, 2.05) is 4.72 Å². The second-order valence-corrected chi connectivity index (χ2v) is 9.25. The number of amides is 1. The molecule has 2 aromatic heterocycles. The molecule has 1 aliphatic heterocycles. The third-order valence-corrected chi connectivity index (χ3v) is 7.01. The Hall–Kier alpha value is -3.95. The first-order valence-electron chi connectivity index (χ1n) is 10.7. The molecule has 3 aromatic rings. The van der Waals surface area contributed by atoms with Crippen LogP contribution < -0.4 is 9.46 Å². The molecule has 0 saturated carbocycles.